The lowest BCUT2D eigenvalue weighted by molar-refractivity contribution is 0.0954. The number of hydrogen-bond donors (Lipinski definition) is 2. The maximum atomic E-state index is 12.5. The summed E-state index contributed by atoms with van der Waals surface area (Å²) in [5, 5.41) is 7.02. The third kappa shape index (κ3) is 4.70. The molecule has 146 valence electrons. The minimum atomic E-state index is -0.0857. The number of amides is 1. The molecule has 0 bridgehead atoms. The van der Waals surface area contributed by atoms with Crippen molar-refractivity contribution < 1.29 is 9.53 Å². The number of carbonyl (C=O) groups excluding carboxylic acids is 1. The van der Waals surface area contributed by atoms with Crippen LogP contribution in [0.25, 0.3) is 10.2 Å². The fourth-order valence-electron chi connectivity index (χ4n) is 2.89. The van der Waals surface area contributed by atoms with Crippen LogP contribution in [0.4, 0.5) is 10.8 Å². The number of aromatic nitrogens is 2. The lowest BCUT2D eigenvalue weighted by Gasteiger charge is -2.06. The van der Waals surface area contributed by atoms with E-state index in [-0.39, 0.29) is 5.91 Å². The van der Waals surface area contributed by atoms with Gasteiger partial charge in [0.1, 0.15) is 5.75 Å². The van der Waals surface area contributed by atoms with Gasteiger partial charge in [-0.05, 0) is 54.4 Å². The molecule has 2 heterocycles. The first-order valence-corrected chi connectivity index (χ1v) is 10.0. The topological polar surface area (TPSA) is 76.1 Å². The molecule has 0 aliphatic rings. The molecule has 0 spiro atoms. The maximum Gasteiger partial charge on any atom is 0.251 e. The minimum absolute atomic E-state index is 0.0857. The second-order valence-corrected chi connectivity index (χ2v) is 7.45. The summed E-state index contributed by atoms with van der Waals surface area (Å²) in [7, 11) is 1.65. The molecule has 0 saturated heterocycles. The first-order chi connectivity index (χ1) is 14.2. The minimum Gasteiger partial charge on any atom is -0.497 e. The highest BCUT2D eigenvalue weighted by molar-refractivity contribution is 7.22. The van der Waals surface area contributed by atoms with E-state index in [0.29, 0.717) is 12.1 Å². The fourth-order valence-corrected chi connectivity index (χ4v) is 3.82. The highest BCUT2D eigenvalue weighted by atomic mass is 32.1. The van der Waals surface area contributed by atoms with Crippen LogP contribution in [-0.4, -0.2) is 29.5 Å². The zero-order chi connectivity index (χ0) is 20.1. The van der Waals surface area contributed by atoms with Gasteiger partial charge in [-0.3, -0.25) is 9.78 Å². The molecular formula is C22H20N4O2S. The van der Waals surface area contributed by atoms with Crippen molar-refractivity contribution in [2.24, 2.45) is 0 Å². The molecule has 0 radical (unpaired) electrons. The smallest absolute Gasteiger partial charge is 0.251 e. The van der Waals surface area contributed by atoms with Crippen molar-refractivity contribution in [3.8, 4) is 5.75 Å². The van der Waals surface area contributed by atoms with Gasteiger partial charge in [-0.1, -0.05) is 23.5 Å². The molecule has 7 heteroatoms. The van der Waals surface area contributed by atoms with Crippen LogP contribution >= 0.6 is 11.3 Å². The molecule has 2 aromatic heterocycles. The van der Waals surface area contributed by atoms with Crippen molar-refractivity contribution >= 4 is 38.3 Å². The van der Waals surface area contributed by atoms with E-state index in [1.807, 2.05) is 48.5 Å². The van der Waals surface area contributed by atoms with Gasteiger partial charge in [-0.2, -0.15) is 0 Å². The van der Waals surface area contributed by atoms with E-state index in [0.717, 1.165) is 38.8 Å². The second-order valence-electron chi connectivity index (χ2n) is 6.42. The molecule has 4 aromatic rings. The number of rotatable bonds is 7. The molecule has 4 rings (SSSR count). The fraction of sp³-hybridized carbons (Fsp3) is 0.136. The van der Waals surface area contributed by atoms with Gasteiger partial charge in [-0.15, -0.1) is 0 Å². The van der Waals surface area contributed by atoms with Crippen molar-refractivity contribution in [2.75, 3.05) is 19.0 Å². The van der Waals surface area contributed by atoms with Crippen molar-refractivity contribution in [2.45, 2.75) is 6.42 Å². The Bertz CT molecular complexity index is 1110. The lowest BCUT2D eigenvalue weighted by atomic mass is 10.1. The number of anilines is 2. The number of hydrogen-bond acceptors (Lipinski definition) is 6. The largest absolute Gasteiger partial charge is 0.497 e. The van der Waals surface area contributed by atoms with Gasteiger partial charge in [0.2, 0.25) is 0 Å². The van der Waals surface area contributed by atoms with Crippen LogP contribution in [-0.2, 0) is 6.42 Å². The summed E-state index contributed by atoms with van der Waals surface area (Å²) in [6.45, 7) is 0.570. The Morgan fingerprint density at radius 1 is 1.07 bits per heavy atom. The van der Waals surface area contributed by atoms with Gasteiger partial charge in [0.05, 0.1) is 17.3 Å². The van der Waals surface area contributed by atoms with Gasteiger partial charge in [0, 0.05) is 30.2 Å². The van der Waals surface area contributed by atoms with Crippen molar-refractivity contribution in [1.29, 1.82) is 0 Å². The van der Waals surface area contributed by atoms with E-state index < -0.39 is 0 Å². The molecule has 0 unspecified atom stereocenters. The van der Waals surface area contributed by atoms with E-state index in [9.17, 15) is 4.79 Å². The molecule has 2 N–H and O–H groups in total. The lowest BCUT2D eigenvalue weighted by Crippen LogP contribution is -2.25. The first-order valence-electron chi connectivity index (χ1n) is 9.20. The first kappa shape index (κ1) is 18.9. The van der Waals surface area contributed by atoms with E-state index in [2.05, 4.69) is 20.6 Å². The Balaban J connectivity index is 1.38. The summed E-state index contributed by atoms with van der Waals surface area (Å²) < 4.78 is 6.12. The van der Waals surface area contributed by atoms with Crippen molar-refractivity contribution in [3.05, 3.63) is 78.1 Å². The van der Waals surface area contributed by atoms with Crippen LogP contribution < -0.4 is 15.4 Å². The Hall–Kier alpha value is -3.45. The number of thiazole rings is 1. The Morgan fingerprint density at radius 2 is 1.86 bits per heavy atom. The number of benzene rings is 2. The molecule has 2 aromatic carbocycles. The summed E-state index contributed by atoms with van der Waals surface area (Å²) in [6.07, 6.45) is 4.21. The highest BCUT2D eigenvalue weighted by Gasteiger charge is 2.10. The van der Waals surface area contributed by atoms with Gasteiger partial charge >= 0.3 is 0 Å². The molecule has 6 nitrogen and oxygen atoms in total. The maximum absolute atomic E-state index is 12.5. The predicted octanol–water partition coefficient (Wildman–Crippen LogP) is 4.42. The quantitative estimate of drug-likeness (QED) is 0.477. The number of methoxy groups -OCH3 is 1. The van der Waals surface area contributed by atoms with E-state index >= 15 is 0 Å². The number of pyridine rings is 1. The standard InChI is InChI=1S/C22H20N4O2S/c1-28-18-5-2-15(3-6-18)8-13-24-21(27)16-4-7-19-20(14-16)29-22(26-19)25-17-9-11-23-12-10-17/h2-7,9-12,14H,8,13H2,1H3,(H,24,27)(H,23,25,26). The van der Waals surface area contributed by atoms with Crippen molar-refractivity contribution in [1.82, 2.24) is 15.3 Å². The summed E-state index contributed by atoms with van der Waals surface area (Å²) in [5.41, 5.74) is 3.57. The van der Waals surface area contributed by atoms with Gasteiger partial charge in [0.15, 0.2) is 5.13 Å². The zero-order valence-electron chi connectivity index (χ0n) is 15.9. The summed E-state index contributed by atoms with van der Waals surface area (Å²) in [5.74, 6) is 0.742. The third-order valence-corrected chi connectivity index (χ3v) is 5.37. The molecule has 0 atom stereocenters. The normalized spacial score (nSPS) is 10.7. The highest BCUT2D eigenvalue weighted by Crippen LogP contribution is 2.28. The molecule has 0 aliphatic carbocycles. The number of ether oxygens (including phenoxy) is 1. The second kappa shape index (κ2) is 8.70. The third-order valence-electron chi connectivity index (χ3n) is 4.44. The Kier molecular flexibility index (Phi) is 5.67. The summed E-state index contributed by atoms with van der Waals surface area (Å²) >= 11 is 1.51. The van der Waals surface area contributed by atoms with Crippen LogP contribution in [0.3, 0.4) is 0 Å². The molecule has 0 saturated carbocycles. The van der Waals surface area contributed by atoms with Crippen LogP contribution in [0.1, 0.15) is 15.9 Å². The van der Waals surface area contributed by atoms with Gasteiger partial charge in [0.25, 0.3) is 5.91 Å². The van der Waals surface area contributed by atoms with Gasteiger partial charge < -0.3 is 15.4 Å². The van der Waals surface area contributed by atoms with E-state index in [1.54, 1.807) is 25.6 Å². The zero-order valence-corrected chi connectivity index (χ0v) is 16.7. The Morgan fingerprint density at radius 3 is 2.62 bits per heavy atom. The molecule has 1 amide bonds. The number of nitrogens with zero attached hydrogens (tertiary/aromatic N) is 2. The van der Waals surface area contributed by atoms with Crippen LogP contribution in [0.15, 0.2) is 67.0 Å². The summed E-state index contributed by atoms with van der Waals surface area (Å²) in [4.78, 5) is 21.1. The molecule has 29 heavy (non-hydrogen) atoms. The average Bonchev–Trinajstić information content (AvgIpc) is 3.16. The SMILES string of the molecule is COc1ccc(CCNC(=O)c2ccc3nc(Nc4ccncc4)sc3c2)cc1. The number of fused-ring (bicyclic) bond motifs is 1. The number of nitrogens with one attached hydrogen (secondary N) is 2. The van der Waals surface area contributed by atoms with Crippen LogP contribution in [0.2, 0.25) is 0 Å². The van der Waals surface area contributed by atoms with Crippen LogP contribution in [0.5, 0.6) is 5.75 Å². The average molecular weight is 404 g/mol. The van der Waals surface area contributed by atoms with Crippen LogP contribution in [0, 0.1) is 0 Å². The molecular weight excluding hydrogens is 384 g/mol. The molecule has 0 fully saturated rings. The number of carbonyl (C=O) groups is 1. The van der Waals surface area contributed by atoms with Gasteiger partial charge in [-0.25, -0.2) is 4.98 Å². The molecule has 0 aliphatic heterocycles. The van der Waals surface area contributed by atoms with E-state index in [1.165, 1.54) is 11.3 Å². The summed E-state index contributed by atoms with van der Waals surface area (Å²) in [6, 6.07) is 17.2. The van der Waals surface area contributed by atoms with Crippen molar-refractivity contribution in [3.63, 3.8) is 0 Å². The predicted molar refractivity (Wildman–Crippen MR) is 116 cm³/mol. The van der Waals surface area contributed by atoms with E-state index in [4.69, 9.17) is 4.74 Å². The monoisotopic (exact) mass is 404 g/mol. The Labute approximate surface area is 172 Å².